The molecular weight excluding hydrogens is 126 g/mol. The van der Waals surface area contributed by atoms with Gasteiger partial charge >= 0.3 is 0 Å². The van der Waals surface area contributed by atoms with Crippen LogP contribution in [0.4, 0.5) is 0 Å². The van der Waals surface area contributed by atoms with Crippen molar-refractivity contribution in [2.24, 2.45) is 5.73 Å². The van der Waals surface area contributed by atoms with Crippen LogP contribution in [0.2, 0.25) is 0 Å². The van der Waals surface area contributed by atoms with Crippen LogP contribution in [-0.4, -0.2) is 9.78 Å². The monoisotopic (exact) mass is 139 g/mol. The predicted octanol–water partition coefficient (Wildman–Crippen LogP) is 0.923. The molecule has 0 amide bonds. The molecule has 10 heavy (non-hydrogen) atoms. The van der Waals surface area contributed by atoms with Crippen molar-refractivity contribution < 1.29 is 0 Å². The van der Waals surface area contributed by atoms with Gasteiger partial charge in [0.25, 0.3) is 0 Å². The summed E-state index contributed by atoms with van der Waals surface area (Å²) in [5, 5.41) is 4.09. The van der Waals surface area contributed by atoms with E-state index in [4.69, 9.17) is 5.73 Å². The Morgan fingerprint density at radius 2 is 2.50 bits per heavy atom. The molecule has 1 aromatic rings. The number of nitrogens with zero attached hydrogens (tertiary/aromatic N) is 2. The molecule has 0 aromatic carbocycles. The number of hydrogen-bond donors (Lipinski definition) is 1. The molecule has 0 radical (unpaired) electrons. The molecule has 56 valence electrons. The van der Waals surface area contributed by atoms with E-state index in [1.165, 1.54) is 0 Å². The van der Waals surface area contributed by atoms with E-state index in [2.05, 4.69) is 12.0 Å². The van der Waals surface area contributed by atoms with E-state index < -0.39 is 0 Å². The zero-order valence-corrected chi connectivity index (χ0v) is 6.41. The Morgan fingerprint density at radius 3 is 2.90 bits per heavy atom. The Bertz CT molecular complexity index is 202. The second-order valence-corrected chi connectivity index (χ2v) is 2.36. The average molecular weight is 139 g/mol. The SMILES string of the molecule is CCn1nccc1[C@@H](C)N. The van der Waals surface area contributed by atoms with Gasteiger partial charge in [-0.05, 0) is 19.9 Å². The molecular formula is C7H13N3. The highest BCUT2D eigenvalue weighted by Gasteiger charge is 2.03. The topological polar surface area (TPSA) is 43.8 Å². The summed E-state index contributed by atoms with van der Waals surface area (Å²) in [5.41, 5.74) is 6.77. The van der Waals surface area contributed by atoms with E-state index in [1.54, 1.807) is 6.20 Å². The maximum absolute atomic E-state index is 5.67. The Kier molecular flexibility index (Phi) is 2.06. The van der Waals surface area contributed by atoms with Gasteiger partial charge in [-0.25, -0.2) is 0 Å². The highest BCUT2D eigenvalue weighted by Crippen LogP contribution is 2.07. The van der Waals surface area contributed by atoms with Gasteiger partial charge in [0.05, 0.1) is 5.69 Å². The molecule has 0 fully saturated rings. The number of aryl methyl sites for hydroxylation is 1. The van der Waals surface area contributed by atoms with Gasteiger partial charge in [-0.3, -0.25) is 4.68 Å². The minimum absolute atomic E-state index is 0.0856. The summed E-state index contributed by atoms with van der Waals surface area (Å²) >= 11 is 0. The van der Waals surface area contributed by atoms with E-state index in [1.807, 2.05) is 17.7 Å². The van der Waals surface area contributed by atoms with Crippen LogP contribution in [0.1, 0.15) is 25.6 Å². The predicted molar refractivity (Wildman–Crippen MR) is 40.5 cm³/mol. The average Bonchev–Trinajstić information content (AvgIpc) is 2.33. The van der Waals surface area contributed by atoms with Crippen LogP contribution >= 0.6 is 0 Å². The van der Waals surface area contributed by atoms with Crippen molar-refractivity contribution in [3.05, 3.63) is 18.0 Å². The highest BCUT2D eigenvalue weighted by molar-refractivity contribution is 5.04. The third-order valence-electron chi connectivity index (χ3n) is 1.52. The minimum atomic E-state index is 0.0856. The number of rotatable bonds is 2. The molecule has 0 saturated carbocycles. The first-order chi connectivity index (χ1) is 4.75. The quantitative estimate of drug-likeness (QED) is 0.662. The normalized spacial score (nSPS) is 13.5. The van der Waals surface area contributed by atoms with Crippen molar-refractivity contribution in [2.45, 2.75) is 26.4 Å². The van der Waals surface area contributed by atoms with E-state index in [9.17, 15) is 0 Å². The first-order valence-corrected chi connectivity index (χ1v) is 3.53. The molecule has 0 aliphatic heterocycles. The molecule has 1 heterocycles. The summed E-state index contributed by atoms with van der Waals surface area (Å²) in [5.74, 6) is 0. The number of nitrogens with two attached hydrogens (primary N) is 1. The smallest absolute Gasteiger partial charge is 0.0548 e. The summed E-state index contributed by atoms with van der Waals surface area (Å²) in [4.78, 5) is 0. The van der Waals surface area contributed by atoms with Crippen molar-refractivity contribution in [3.63, 3.8) is 0 Å². The molecule has 2 N–H and O–H groups in total. The number of aromatic nitrogens is 2. The third kappa shape index (κ3) is 1.19. The molecule has 1 atom stereocenters. The van der Waals surface area contributed by atoms with Crippen LogP contribution in [0.5, 0.6) is 0 Å². The van der Waals surface area contributed by atoms with Crippen LogP contribution in [0.25, 0.3) is 0 Å². The lowest BCUT2D eigenvalue weighted by molar-refractivity contribution is 0.590. The fourth-order valence-corrected chi connectivity index (χ4v) is 0.994. The van der Waals surface area contributed by atoms with Crippen LogP contribution in [-0.2, 0) is 6.54 Å². The fourth-order valence-electron chi connectivity index (χ4n) is 0.994. The summed E-state index contributed by atoms with van der Waals surface area (Å²) in [6, 6.07) is 2.04. The molecule has 0 aliphatic carbocycles. The molecule has 0 saturated heterocycles. The van der Waals surface area contributed by atoms with Gasteiger partial charge in [0.1, 0.15) is 0 Å². The van der Waals surface area contributed by atoms with E-state index in [0.717, 1.165) is 12.2 Å². The Labute approximate surface area is 60.8 Å². The van der Waals surface area contributed by atoms with E-state index in [0.29, 0.717) is 0 Å². The summed E-state index contributed by atoms with van der Waals surface area (Å²) < 4.78 is 1.91. The van der Waals surface area contributed by atoms with Crippen LogP contribution in [0.3, 0.4) is 0 Å². The zero-order chi connectivity index (χ0) is 7.56. The lowest BCUT2D eigenvalue weighted by Crippen LogP contribution is -2.12. The summed E-state index contributed by atoms with van der Waals surface area (Å²) in [6.45, 7) is 4.91. The second-order valence-electron chi connectivity index (χ2n) is 2.36. The van der Waals surface area contributed by atoms with Gasteiger partial charge in [-0.2, -0.15) is 5.10 Å². The Hall–Kier alpha value is -0.830. The van der Waals surface area contributed by atoms with Gasteiger partial charge in [0.15, 0.2) is 0 Å². The largest absolute Gasteiger partial charge is 0.323 e. The summed E-state index contributed by atoms with van der Waals surface area (Å²) in [6.07, 6.45) is 1.78. The van der Waals surface area contributed by atoms with Gasteiger partial charge < -0.3 is 5.73 Å². The van der Waals surface area contributed by atoms with Crippen LogP contribution in [0.15, 0.2) is 12.3 Å². The molecule has 0 bridgehead atoms. The minimum Gasteiger partial charge on any atom is -0.323 e. The maximum atomic E-state index is 5.67. The summed E-state index contributed by atoms with van der Waals surface area (Å²) in [7, 11) is 0. The van der Waals surface area contributed by atoms with Crippen molar-refractivity contribution >= 4 is 0 Å². The highest BCUT2D eigenvalue weighted by atomic mass is 15.3. The van der Waals surface area contributed by atoms with Crippen LogP contribution in [0, 0.1) is 0 Å². The molecule has 0 aliphatic rings. The first-order valence-electron chi connectivity index (χ1n) is 3.53. The van der Waals surface area contributed by atoms with Crippen molar-refractivity contribution in [1.29, 1.82) is 0 Å². The van der Waals surface area contributed by atoms with Gasteiger partial charge in [-0.15, -0.1) is 0 Å². The molecule has 3 heteroatoms. The van der Waals surface area contributed by atoms with E-state index >= 15 is 0 Å². The van der Waals surface area contributed by atoms with Crippen LogP contribution < -0.4 is 5.73 Å². The molecule has 1 aromatic heterocycles. The van der Waals surface area contributed by atoms with E-state index in [-0.39, 0.29) is 6.04 Å². The number of hydrogen-bond acceptors (Lipinski definition) is 2. The van der Waals surface area contributed by atoms with Gasteiger partial charge in [-0.1, -0.05) is 0 Å². The zero-order valence-electron chi connectivity index (χ0n) is 6.41. The fraction of sp³-hybridized carbons (Fsp3) is 0.571. The van der Waals surface area contributed by atoms with Crippen molar-refractivity contribution in [1.82, 2.24) is 9.78 Å². The standard InChI is InChI=1S/C7H13N3/c1-3-10-7(6(2)8)4-5-9-10/h4-6H,3,8H2,1-2H3/t6-/m1/s1. The van der Waals surface area contributed by atoms with Crippen molar-refractivity contribution in [2.75, 3.05) is 0 Å². The van der Waals surface area contributed by atoms with Gasteiger partial charge in [0.2, 0.25) is 0 Å². The first kappa shape index (κ1) is 7.28. The Balaban J connectivity index is 2.90. The lowest BCUT2D eigenvalue weighted by atomic mass is 10.2. The molecule has 0 spiro atoms. The lowest BCUT2D eigenvalue weighted by Gasteiger charge is -2.06. The maximum Gasteiger partial charge on any atom is 0.0548 e. The molecule has 3 nitrogen and oxygen atoms in total. The van der Waals surface area contributed by atoms with Crippen molar-refractivity contribution in [3.8, 4) is 0 Å². The molecule has 0 unspecified atom stereocenters. The third-order valence-corrected chi connectivity index (χ3v) is 1.52. The Morgan fingerprint density at radius 1 is 1.80 bits per heavy atom. The second kappa shape index (κ2) is 2.84. The molecule has 1 rings (SSSR count). The van der Waals surface area contributed by atoms with Gasteiger partial charge in [0, 0.05) is 18.8 Å².